The molecule has 0 radical (unpaired) electrons. The Morgan fingerprint density at radius 3 is 2.46 bits per heavy atom. The average molecular weight is 511 g/mol. The molecule has 2 aromatic heterocycles. The van der Waals surface area contributed by atoms with Gasteiger partial charge in [-0.3, -0.25) is 14.5 Å². The zero-order valence-corrected chi connectivity index (χ0v) is 19.3. The Bertz CT molecular complexity index is 1320. The van der Waals surface area contributed by atoms with Crippen molar-refractivity contribution < 1.29 is 26.4 Å². The summed E-state index contributed by atoms with van der Waals surface area (Å²) in [6.45, 7) is 2.45. The number of nitrogens with one attached hydrogen (secondary N) is 4. The fourth-order valence-corrected chi connectivity index (χ4v) is 3.37. The molecule has 3 rings (SSSR count). The zero-order chi connectivity index (χ0) is 25.6. The average Bonchev–Trinajstić information content (AvgIpc) is 2.77. The van der Waals surface area contributed by atoms with Crippen molar-refractivity contribution in [3.05, 3.63) is 54.1 Å². The van der Waals surface area contributed by atoms with Gasteiger partial charge in [0.25, 0.3) is 0 Å². The van der Waals surface area contributed by atoms with E-state index in [1.807, 2.05) is 0 Å². The third-order valence-corrected chi connectivity index (χ3v) is 5.63. The minimum atomic E-state index is -4.76. The van der Waals surface area contributed by atoms with Crippen molar-refractivity contribution in [3.63, 3.8) is 0 Å². The van der Waals surface area contributed by atoms with Gasteiger partial charge in [0.15, 0.2) is 5.82 Å². The van der Waals surface area contributed by atoms with Gasteiger partial charge in [-0.1, -0.05) is 6.07 Å². The van der Waals surface area contributed by atoms with E-state index in [2.05, 4.69) is 40.6 Å². The number of rotatable bonds is 9. The number of anilines is 5. The molecule has 0 atom stereocenters. The van der Waals surface area contributed by atoms with Crippen LogP contribution in [0.3, 0.4) is 0 Å². The molecule has 0 spiro atoms. The first-order valence-electron chi connectivity index (χ1n) is 10.1. The van der Waals surface area contributed by atoms with Crippen molar-refractivity contribution >= 4 is 44.9 Å². The van der Waals surface area contributed by atoms with Gasteiger partial charge in [-0.05, 0) is 25.1 Å². The van der Waals surface area contributed by atoms with E-state index < -0.39 is 27.6 Å². The Balaban J connectivity index is 1.87. The Kier molecular flexibility index (Phi) is 7.68. The number of hydrogen-bond acceptors (Lipinski definition) is 9. The minimum Gasteiger partial charge on any atom is -0.364 e. The molecular formula is C20H21F3N8O3S. The standard InChI is InChI=1S/C20H21F3N8O3S/c1-3-35(33,34)31-18-16(24-7-8-25-18)11-26-17-15(20(21,22)23)10-27-19(30-17)29-14-6-4-5-13(9-14)28-12(2)32/h4-10H,3,11H2,1-2H3,(H,25,31)(H,28,32)(H2,26,27,29,30). The summed E-state index contributed by atoms with van der Waals surface area (Å²) in [6, 6.07) is 6.44. The Morgan fingerprint density at radius 1 is 1.06 bits per heavy atom. The van der Waals surface area contributed by atoms with Crippen molar-refractivity contribution in [2.75, 3.05) is 26.4 Å². The summed E-state index contributed by atoms with van der Waals surface area (Å²) in [6.07, 6.45) is -1.62. The van der Waals surface area contributed by atoms with Crippen molar-refractivity contribution in [3.8, 4) is 0 Å². The summed E-state index contributed by atoms with van der Waals surface area (Å²) in [5.74, 6) is -1.32. The van der Waals surface area contributed by atoms with Crippen LogP contribution in [0.1, 0.15) is 25.1 Å². The van der Waals surface area contributed by atoms with E-state index >= 15 is 0 Å². The third kappa shape index (κ3) is 7.23. The number of amides is 1. The van der Waals surface area contributed by atoms with E-state index in [9.17, 15) is 26.4 Å². The molecule has 186 valence electrons. The highest BCUT2D eigenvalue weighted by Gasteiger charge is 2.35. The fraction of sp³-hybridized carbons (Fsp3) is 0.250. The molecule has 0 saturated carbocycles. The molecule has 1 amide bonds. The smallest absolute Gasteiger partial charge is 0.364 e. The fourth-order valence-electron chi connectivity index (χ4n) is 2.76. The molecular weight excluding hydrogens is 489 g/mol. The Hall–Kier alpha value is -4.01. The van der Waals surface area contributed by atoms with Crippen LogP contribution in [0.5, 0.6) is 0 Å². The van der Waals surface area contributed by atoms with E-state index in [0.717, 1.165) is 0 Å². The van der Waals surface area contributed by atoms with Gasteiger partial charge in [0.2, 0.25) is 21.9 Å². The number of sulfonamides is 1. The number of alkyl halides is 3. The van der Waals surface area contributed by atoms with Gasteiger partial charge in [-0.25, -0.2) is 18.4 Å². The normalized spacial score (nSPS) is 11.6. The number of hydrogen-bond donors (Lipinski definition) is 4. The summed E-state index contributed by atoms with van der Waals surface area (Å²) in [5.41, 5.74) is -0.173. The Labute approximate surface area is 198 Å². The Morgan fingerprint density at radius 2 is 1.77 bits per heavy atom. The van der Waals surface area contributed by atoms with E-state index in [-0.39, 0.29) is 35.7 Å². The highest BCUT2D eigenvalue weighted by molar-refractivity contribution is 7.92. The summed E-state index contributed by atoms with van der Waals surface area (Å²) in [5, 5.41) is 7.92. The predicted octanol–water partition coefficient (Wildman–Crippen LogP) is 3.36. The number of halogens is 3. The van der Waals surface area contributed by atoms with Crippen LogP contribution in [-0.4, -0.2) is 40.0 Å². The number of carbonyl (C=O) groups is 1. The molecule has 0 bridgehead atoms. The second kappa shape index (κ2) is 10.5. The van der Waals surface area contributed by atoms with E-state index in [0.29, 0.717) is 17.6 Å². The molecule has 15 heteroatoms. The molecule has 11 nitrogen and oxygen atoms in total. The molecule has 35 heavy (non-hydrogen) atoms. The van der Waals surface area contributed by atoms with Gasteiger partial charge in [-0.15, -0.1) is 0 Å². The van der Waals surface area contributed by atoms with Gasteiger partial charge in [0, 0.05) is 36.9 Å². The molecule has 4 N–H and O–H groups in total. The number of nitrogens with zero attached hydrogens (tertiary/aromatic N) is 4. The maximum absolute atomic E-state index is 13.6. The summed E-state index contributed by atoms with van der Waals surface area (Å²) in [7, 11) is -3.68. The van der Waals surface area contributed by atoms with Crippen molar-refractivity contribution in [2.24, 2.45) is 0 Å². The SMILES string of the molecule is CCS(=O)(=O)Nc1nccnc1CNc1nc(Nc2cccc(NC(C)=O)c2)ncc1C(F)(F)F. The van der Waals surface area contributed by atoms with Crippen LogP contribution in [0, 0.1) is 0 Å². The first kappa shape index (κ1) is 25.6. The van der Waals surface area contributed by atoms with E-state index in [1.54, 1.807) is 24.3 Å². The summed E-state index contributed by atoms with van der Waals surface area (Å²) >= 11 is 0. The molecule has 0 unspecified atom stereocenters. The van der Waals surface area contributed by atoms with E-state index in [4.69, 9.17) is 0 Å². The zero-order valence-electron chi connectivity index (χ0n) is 18.5. The minimum absolute atomic E-state index is 0.0637. The van der Waals surface area contributed by atoms with Gasteiger partial charge in [-0.2, -0.15) is 18.2 Å². The number of aromatic nitrogens is 4. The lowest BCUT2D eigenvalue weighted by Crippen LogP contribution is -2.19. The van der Waals surface area contributed by atoms with Crippen LogP contribution in [-0.2, 0) is 27.5 Å². The third-order valence-electron chi connectivity index (χ3n) is 4.36. The number of benzene rings is 1. The van der Waals surface area contributed by atoms with Crippen LogP contribution in [0.25, 0.3) is 0 Å². The maximum atomic E-state index is 13.6. The predicted molar refractivity (Wildman–Crippen MR) is 124 cm³/mol. The first-order valence-corrected chi connectivity index (χ1v) is 11.7. The monoisotopic (exact) mass is 510 g/mol. The second-order valence-electron chi connectivity index (χ2n) is 7.05. The van der Waals surface area contributed by atoms with Crippen LogP contribution >= 0.6 is 0 Å². The molecule has 1 aromatic carbocycles. The quantitative estimate of drug-likeness (QED) is 0.340. The van der Waals surface area contributed by atoms with Crippen molar-refractivity contribution in [1.29, 1.82) is 0 Å². The van der Waals surface area contributed by atoms with Gasteiger partial charge in [0.1, 0.15) is 17.1 Å². The highest BCUT2D eigenvalue weighted by atomic mass is 32.2. The van der Waals surface area contributed by atoms with Crippen molar-refractivity contribution in [2.45, 2.75) is 26.6 Å². The lowest BCUT2D eigenvalue weighted by atomic mass is 10.2. The van der Waals surface area contributed by atoms with Crippen LogP contribution in [0.4, 0.5) is 42.1 Å². The lowest BCUT2D eigenvalue weighted by Gasteiger charge is -2.16. The lowest BCUT2D eigenvalue weighted by molar-refractivity contribution is -0.137. The largest absolute Gasteiger partial charge is 0.421 e. The highest BCUT2D eigenvalue weighted by Crippen LogP contribution is 2.34. The van der Waals surface area contributed by atoms with Crippen LogP contribution < -0.4 is 20.7 Å². The van der Waals surface area contributed by atoms with Gasteiger partial charge >= 0.3 is 6.18 Å². The number of carbonyl (C=O) groups excluding carboxylic acids is 1. The maximum Gasteiger partial charge on any atom is 0.421 e. The molecule has 3 aromatic rings. The summed E-state index contributed by atoms with van der Waals surface area (Å²) in [4.78, 5) is 26.8. The van der Waals surface area contributed by atoms with Crippen LogP contribution in [0.2, 0.25) is 0 Å². The molecule has 0 fully saturated rings. The first-order chi connectivity index (χ1) is 16.5. The summed E-state index contributed by atoms with van der Waals surface area (Å²) < 4.78 is 66.7. The molecule has 0 aliphatic carbocycles. The van der Waals surface area contributed by atoms with Gasteiger partial charge < -0.3 is 16.0 Å². The molecule has 0 saturated heterocycles. The van der Waals surface area contributed by atoms with E-state index in [1.165, 1.54) is 26.2 Å². The molecule has 2 heterocycles. The molecule has 0 aliphatic rings. The second-order valence-corrected chi connectivity index (χ2v) is 9.06. The van der Waals surface area contributed by atoms with Gasteiger partial charge in [0.05, 0.1) is 12.3 Å². The topological polar surface area (TPSA) is 151 Å². The van der Waals surface area contributed by atoms with Crippen molar-refractivity contribution in [1.82, 2.24) is 19.9 Å². The van der Waals surface area contributed by atoms with Crippen LogP contribution in [0.15, 0.2) is 42.9 Å². The molecule has 0 aliphatic heterocycles.